The average molecular weight is 1100 g/mol. The molecule has 9 bridgehead atoms. The Morgan fingerprint density at radius 1 is 0.628 bits per heavy atom. The Morgan fingerprint density at radius 3 is 1.78 bits per heavy atom. The van der Waals surface area contributed by atoms with Crippen molar-refractivity contribution in [3.8, 4) is 80.1 Å². The van der Waals surface area contributed by atoms with E-state index in [0.29, 0.717) is 30.3 Å². The van der Waals surface area contributed by atoms with Crippen LogP contribution in [0, 0.1) is 5.41 Å². The summed E-state index contributed by atoms with van der Waals surface area (Å²) in [4.78, 5) is 74.8. The van der Waals surface area contributed by atoms with E-state index in [1.807, 2.05) is 0 Å². The maximum Gasteiger partial charge on any atom is 0.340 e. The first-order chi connectivity index (χ1) is 36.5. The molecule has 0 radical (unpaired) electrons. The van der Waals surface area contributed by atoms with Crippen LogP contribution in [-0.2, 0) is 52.8 Å². The quantitative estimate of drug-likeness (QED) is 0.0562. The van der Waals surface area contributed by atoms with Gasteiger partial charge in [-0.2, -0.15) is 0 Å². The number of hydrogen-bond acceptors (Lipinski definition) is 31. The standard InChI is InChI=1S/C47H38O31/c1-42-23-13-6-18(52)27(57)31(23)76-47(68)44(66)9-43(42,40(77-46(42,47)67)45(78-44)34(60)19(53)7-70-45)41(65)74-30-20-8-69-36(62)11-4-16(50)25(55)28(58)21(11)22-12(5-17(51)26(56)29(22)59)37(63)72-32(30)33(73-38(13)64)39(71-20)75-35(61)10-2-14(48)24(54)15(49)3-10/h2-6,19-20,30,32-34,39-40,48-60,66-68H,7-9H2,1H3/t19-,20-,30-,32+,33-,34+,39-,40-,42-,43-,44-,45+,46+,47+/m1/s1. The van der Waals surface area contributed by atoms with Crippen LogP contribution in [-0.4, -0.2) is 197 Å². The van der Waals surface area contributed by atoms with Crippen molar-refractivity contribution in [2.75, 3.05) is 13.2 Å². The molecule has 5 fully saturated rings. The number of benzene rings is 4. The van der Waals surface area contributed by atoms with Crippen LogP contribution in [0.4, 0.5) is 0 Å². The highest BCUT2D eigenvalue weighted by atomic mass is 16.9. The molecule has 412 valence electrons. The van der Waals surface area contributed by atoms with Crippen molar-refractivity contribution in [2.45, 2.75) is 90.9 Å². The van der Waals surface area contributed by atoms with E-state index in [4.69, 9.17) is 47.4 Å². The maximum atomic E-state index is 16.2. The highest BCUT2D eigenvalue weighted by Gasteiger charge is 2.99. The molecule has 7 heterocycles. The fraction of sp³-hybridized carbons (Fsp3) is 0.383. The molecule has 1 aliphatic carbocycles. The number of cyclic esters (lactones) is 1. The maximum absolute atomic E-state index is 16.2. The second kappa shape index (κ2) is 15.6. The number of esters is 5. The molecule has 8 aliphatic rings. The van der Waals surface area contributed by atoms with Gasteiger partial charge < -0.3 is 129 Å². The number of aromatic hydroxyl groups is 11. The second-order valence-electron chi connectivity index (χ2n) is 19.6. The third kappa shape index (κ3) is 5.81. The predicted molar refractivity (Wildman–Crippen MR) is 232 cm³/mol. The molecule has 4 saturated heterocycles. The van der Waals surface area contributed by atoms with Crippen molar-refractivity contribution < 1.29 is 153 Å². The third-order valence-corrected chi connectivity index (χ3v) is 15.8. The molecule has 14 atom stereocenters. The Morgan fingerprint density at radius 2 is 1.18 bits per heavy atom. The van der Waals surface area contributed by atoms with Gasteiger partial charge in [-0.15, -0.1) is 0 Å². The number of phenolic OH excluding ortho intramolecular Hbond substituents is 11. The molecule has 78 heavy (non-hydrogen) atoms. The van der Waals surface area contributed by atoms with Crippen LogP contribution in [0.3, 0.4) is 0 Å². The summed E-state index contributed by atoms with van der Waals surface area (Å²) in [7, 11) is 0. The Hall–Kier alpha value is -8.53. The van der Waals surface area contributed by atoms with Crippen molar-refractivity contribution in [1.82, 2.24) is 0 Å². The molecular weight excluding hydrogens is 1060 g/mol. The largest absolute Gasteiger partial charge is 0.504 e. The highest BCUT2D eigenvalue weighted by molar-refractivity contribution is 6.08. The molecule has 4 aromatic rings. The van der Waals surface area contributed by atoms with Gasteiger partial charge in [0, 0.05) is 23.1 Å². The molecular formula is C47H38O31. The zero-order chi connectivity index (χ0) is 56.2. The summed E-state index contributed by atoms with van der Waals surface area (Å²) in [5.41, 5.74) is -13.5. The molecule has 7 aliphatic heterocycles. The number of fused-ring (bicyclic) bond motifs is 6. The van der Waals surface area contributed by atoms with Crippen LogP contribution in [0.5, 0.6) is 69.0 Å². The summed E-state index contributed by atoms with van der Waals surface area (Å²) >= 11 is 0. The minimum atomic E-state index is -3.85. The zero-order valence-corrected chi connectivity index (χ0v) is 38.9. The lowest BCUT2D eigenvalue weighted by Crippen LogP contribution is -2.87. The number of aliphatic hydroxyl groups is 5. The third-order valence-electron chi connectivity index (χ3n) is 15.8. The smallest absolute Gasteiger partial charge is 0.340 e. The minimum Gasteiger partial charge on any atom is -0.504 e. The first kappa shape index (κ1) is 50.3. The van der Waals surface area contributed by atoms with Gasteiger partial charge in [0.2, 0.25) is 47.0 Å². The molecule has 2 spiro atoms. The second-order valence-corrected chi connectivity index (χ2v) is 19.6. The van der Waals surface area contributed by atoms with Crippen molar-refractivity contribution in [3.05, 3.63) is 58.1 Å². The summed E-state index contributed by atoms with van der Waals surface area (Å²) in [6.07, 6.45) is -21.1. The number of ether oxygens (including phenoxy) is 10. The monoisotopic (exact) mass is 1100 g/mol. The molecule has 1 saturated carbocycles. The van der Waals surface area contributed by atoms with Crippen LogP contribution >= 0.6 is 0 Å². The van der Waals surface area contributed by atoms with E-state index < -0.39 is 240 Å². The molecule has 16 N–H and O–H groups in total. The molecule has 31 nitrogen and oxygen atoms in total. The molecule has 4 aromatic carbocycles. The van der Waals surface area contributed by atoms with Crippen molar-refractivity contribution in [3.63, 3.8) is 0 Å². The number of rotatable bonds is 2. The van der Waals surface area contributed by atoms with E-state index in [1.54, 1.807) is 0 Å². The lowest BCUT2D eigenvalue weighted by Gasteiger charge is -2.66. The Balaban J connectivity index is 1.13. The van der Waals surface area contributed by atoms with Gasteiger partial charge in [-0.3, -0.25) is 4.79 Å². The predicted octanol–water partition coefficient (Wildman–Crippen LogP) is -2.47. The molecule has 0 unspecified atom stereocenters. The van der Waals surface area contributed by atoms with Gasteiger partial charge >= 0.3 is 35.6 Å². The Labute approximate surface area is 430 Å². The van der Waals surface area contributed by atoms with Gasteiger partial charge in [-0.05, 0) is 37.3 Å². The van der Waals surface area contributed by atoms with Gasteiger partial charge in [0.25, 0.3) is 0 Å². The first-order valence-corrected chi connectivity index (χ1v) is 22.8. The van der Waals surface area contributed by atoms with Crippen molar-refractivity contribution >= 4 is 29.8 Å². The van der Waals surface area contributed by atoms with E-state index >= 15 is 14.4 Å². The number of carbonyl (C=O) groups is 5. The number of phenols is 11. The summed E-state index contributed by atoms with van der Waals surface area (Å²) in [5.74, 6) is -38.9. The molecule has 31 heteroatoms. The van der Waals surface area contributed by atoms with Gasteiger partial charge in [-0.25, -0.2) is 19.2 Å². The number of carbonyl (C=O) groups excluding carboxylic acids is 5. The van der Waals surface area contributed by atoms with Crippen LogP contribution in [0.15, 0.2) is 30.3 Å². The van der Waals surface area contributed by atoms with Crippen LogP contribution in [0.1, 0.15) is 60.3 Å². The number of aliphatic hydroxyl groups excluding tert-OH is 2. The summed E-state index contributed by atoms with van der Waals surface area (Å²) in [6, 6.07) is 2.36. The van der Waals surface area contributed by atoms with Gasteiger partial charge in [-0.1, -0.05) is 0 Å². The zero-order valence-electron chi connectivity index (χ0n) is 38.9. The summed E-state index contributed by atoms with van der Waals surface area (Å²) < 4.78 is 58.7. The molecule has 0 amide bonds. The fourth-order valence-electron chi connectivity index (χ4n) is 12.1. The van der Waals surface area contributed by atoms with Gasteiger partial charge in [0.1, 0.15) is 36.4 Å². The number of hydrogen-bond donors (Lipinski definition) is 16. The Bertz CT molecular complexity index is 3430. The lowest BCUT2D eigenvalue weighted by atomic mass is 9.45. The lowest BCUT2D eigenvalue weighted by molar-refractivity contribution is -0.500. The van der Waals surface area contributed by atoms with E-state index in [9.17, 15) is 91.3 Å². The van der Waals surface area contributed by atoms with E-state index in [-0.39, 0.29) is 0 Å². The van der Waals surface area contributed by atoms with E-state index in [2.05, 4.69) is 0 Å². The Kier molecular flexibility index (Phi) is 10.0. The van der Waals surface area contributed by atoms with Gasteiger partial charge in [0.05, 0.1) is 34.3 Å². The molecule has 0 aromatic heterocycles. The first-order valence-electron chi connectivity index (χ1n) is 22.8. The summed E-state index contributed by atoms with van der Waals surface area (Å²) in [6.45, 7) is -1.36. The minimum absolute atomic E-state index is 0.357. The average Bonchev–Trinajstić information content (AvgIpc) is 3.56. The topological polar surface area (TPSA) is 501 Å². The normalized spacial score (nSPS) is 36.7. The van der Waals surface area contributed by atoms with Crippen molar-refractivity contribution in [1.29, 1.82) is 0 Å². The molecule has 12 rings (SSSR count). The van der Waals surface area contributed by atoms with E-state index in [0.717, 1.165) is 6.92 Å². The van der Waals surface area contributed by atoms with Crippen LogP contribution < -0.4 is 4.74 Å². The highest BCUT2D eigenvalue weighted by Crippen LogP contribution is 2.79. The van der Waals surface area contributed by atoms with Crippen LogP contribution in [0.2, 0.25) is 0 Å². The van der Waals surface area contributed by atoms with Gasteiger partial charge in [0.15, 0.2) is 64.0 Å². The fourth-order valence-corrected chi connectivity index (χ4v) is 12.1. The van der Waals surface area contributed by atoms with Crippen LogP contribution in [0.25, 0.3) is 11.1 Å². The SMILES string of the molecule is C[C@]12c3c4cc(O)c(O)c3O[C@]3(O)[C@@]1(O)O[C@H]1[C@@]5(OC[C@@H](O)[C@@H]5O)O[C@]3(O)C[C@]12C(=O)O[C@H]1[C@@H]2OC(=O)c3cc(O)c(O)c(O)c3-c3c(cc(O)c(O)c3O)C(=O)OC[C@H]1O[C@H](OC(=O)c1cc(O)c(O)c(O)c1)[C@@H]2OC4=O. The summed E-state index contributed by atoms with van der Waals surface area (Å²) in [5, 5.41) is 180. The van der Waals surface area contributed by atoms with E-state index in [1.165, 1.54) is 0 Å². The van der Waals surface area contributed by atoms with Crippen molar-refractivity contribution in [2.24, 2.45) is 5.41 Å².